The summed E-state index contributed by atoms with van der Waals surface area (Å²) in [5.74, 6) is -0.980. The first kappa shape index (κ1) is 53.2. The second kappa shape index (κ2) is 40.4. The van der Waals surface area contributed by atoms with Gasteiger partial charge in [-0.25, -0.2) is 4.57 Å². The number of aliphatic hydroxyl groups is 2. The normalized spacial score (nSPS) is 14.2. The van der Waals surface area contributed by atoms with E-state index in [1.165, 1.54) is 109 Å². The largest absolute Gasteiger partial charge is 0.472 e. The number of hydrogen-bond donors (Lipinski definition) is 3. The second-order valence-corrected chi connectivity index (χ2v) is 16.2. The summed E-state index contributed by atoms with van der Waals surface area (Å²) >= 11 is 0. The van der Waals surface area contributed by atoms with Gasteiger partial charge in [0.25, 0.3) is 0 Å². The van der Waals surface area contributed by atoms with Crippen LogP contribution in [0.3, 0.4) is 0 Å². The number of phosphoric ester groups is 1. The standard InChI is InChI=1S/C44H81O10P/c1-3-5-7-9-11-13-15-17-19-20-22-24-26-28-30-32-34-36-44(48)54-42(40-53-55(49,50)52-38-41(46)37-45)39-51-43(47)35-33-31-29-27-25-23-21-18-16-14-12-10-8-6-4-2/h17,19,22,24,28,30,41-42,45-46H,3-16,18,20-21,23,25-27,29,31-40H2,1-2H3,(H,49,50)/b19-17-,24-22-,30-28-/t41-,42+/m0/s1. The monoisotopic (exact) mass is 801 g/mol. The summed E-state index contributed by atoms with van der Waals surface area (Å²) in [6.45, 7) is 2.33. The van der Waals surface area contributed by atoms with Gasteiger partial charge in [0.05, 0.1) is 19.8 Å². The number of aliphatic hydroxyl groups excluding tert-OH is 2. The van der Waals surface area contributed by atoms with Gasteiger partial charge in [0, 0.05) is 12.8 Å². The van der Waals surface area contributed by atoms with Crippen molar-refractivity contribution in [2.45, 2.75) is 206 Å². The smallest absolute Gasteiger partial charge is 0.462 e. The fourth-order valence-electron chi connectivity index (χ4n) is 5.89. The molecule has 55 heavy (non-hydrogen) atoms. The highest BCUT2D eigenvalue weighted by atomic mass is 31.2. The van der Waals surface area contributed by atoms with Crippen molar-refractivity contribution in [2.75, 3.05) is 26.4 Å². The van der Waals surface area contributed by atoms with Crippen molar-refractivity contribution in [3.05, 3.63) is 36.5 Å². The SMILES string of the molecule is CCCCCCCC/C=C\C/C=C\C/C=C\CCCC(=O)O[C@H](COC(=O)CCCCCCCCCCCCCCCCC)COP(=O)(O)OC[C@@H](O)CO. The third-order valence-electron chi connectivity index (χ3n) is 9.30. The Morgan fingerprint density at radius 2 is 0.964 bits per heavy atom. The van der Waals surface area contributed by atoms with Crippen LogP contribution in [0.2, 0.25) is 0 Å². The van der Waals surface area contributed by atoms with E-state index < -0.39 is 51.8 Å². The molecule has 0 aliphatic rings. The summed E-state index contributed by atoms with van der Waals surface area (Å²) in [4.78, 5) is 34.9. The number of carbonyl (C=O) groups is 2. The van der Waals surface area contributed by atoms with Gasteiger partial charge in [0.1, 0.15) is 12.7 Å². The van der Waals surface area contributed by atoms with Crippen LogP contribution < -0.4 is 0 Å². The summed E-state index contributed by atoms with van der Waals surface area (Å²) in [5.41, 5.74) is 0. The predicted octanol–water partition coefficient (Wildman–Crippen LogP) is 11.6. The lowest BCUT2D eigenvalue weighted by Crippen LogP contribution is -2.29. The molecule has 0 aromatic rings. The molecule has 322 valence electrons. The van der Waals surface area contributed by atoms with Crippen molar-refractivity contribution in [3.63, 3.8) is 0 Å². The minimum absolute atomic E-state index is 0.114. The van der Waals surface area contributed by atoms with E-state index in [0.717, 1.165) is 38.5 Å². The first-order valence-corrected chi connectivity index (χ1v) is 23.4. The Morgan fingerprint density at radius 1 is 0.545 bits per heavy atom. The quantitative estimate of drug-likeness (QED) is 0.0236. The molecule has 11 heteroatoms. The van der Waals surface area contributed by atoms with Gasteiger partial charge in [-0.1, -0.05) is 172 Å². The molecule has 0 amide bonds. The van der Waals surface area contributed by atoms with Gasteiger partial charge in [0.15, 0.2) is 6.10 Å². The summed E-state index contributed by atoms with van der Waals surface area (Å²) in [5, 5.41) is 18.3. The molecule has 10 nitrogen and oxygen atoms in total. The highest BCUT2D eigenvalue weighted by Gasteiger charge is 2.27. The molecule has 3 atom stereocenters. The number of carbonyl (C=O) groups excluding carboxylic acids is 2. The number of allylic oxidation sites excluding steroid dienone is 6. The van der Waals surface area contributed by atoms with Crippen LogP contribution >= 0.6 is 7.82 Å². The lowest BCUT2D eigenvalue weighted by Gasteiger charge is -2.20. The van der Waals surface area contributed by atoms with Gasteiger partial charge in [-0.05, 0) is 44.9 Å². The molecule has 0 radical (unpaired) electrons. The molecule has 0 spiro atoms. The number of ether oxygens (including phenoxy) is 2. The lowest BCUT2D eigenvalue weighted by molar-refractivity contribution is -0.161. The topological polar surface area (TPSA) is 149 Å². The van der Waals surface area contributed by atoms with E-state index in [4.69, 9.17) is 19.1 Å². The van der Waals surface area contributed by atoms with Crippen LogP contribution in [0.4, 0.5) is 0 Å². The number of unbranched alkanes of at least 4 members (excludes halogenated alkanes) is 21. The summed E-state index contributed by atoms with van der Waals surface area (Å²) in [7, 11) is -4.63. The molecule has 0 saturated heterocycles. The van der Waals surface area contributed by atoms with Crippen LogP contribution in [-0.4, -0.2) is 65.7 Å². The minimum Gasteiger partial charge on any atom is -0.462 e. The minimum atomic E-state index is -4.63. The Hall–Kier alpha value is -1.81. The molecule has 0 bridgehead atoms. The Kier molecular flexibility index (Phi) is 39.1. The van der Waals surface area contributed by atoms with E-state index in [1.807, 2.05) is 6.08 Å². The molecule has 0 aliphatic heterocycles. The molecule has 0 aromatic carbocycles. The molecule has 0 heterocycles. The zero-order valence-corrected chi connectivity index (χ0v) is 35.8. The van der Waals surface area contributed by atoms with Crippen molar-refractivity contribution in [1.82, 2.24) is 0 Å². The maximum Gasteiger partial charge on any atom is 0.472 e. The Morgan fingerprint density at radius 3 is 1.47 bits per heavy atom. The van der Waals surface area contributed by atoms with Crippen LogP contribution in [0.5, 0.6) is 0 Å². The molecular formula is C44H81O10P. The lowest BCUT2D eigenvalue weighted by atomic mass is 10.0. The van der Waals surface area contributed by atoms with E-state index in [0.29, 0.717) is 19.3 Å². The number of rotatable bonds is 41. The van der Waals surface area contributed by atoms with E-state index in [-0.39, 0.29) is 19.4 Å². The zero-order valence-electron chi connectivity index (χ0n) is 34.9. The van der Waals surface area contributed by atoms with Gasteiger partial charge in [-0.2, -0.15) is 0 Å². The average molecular weight is 801 g/mol. The zero-order chi connectivity index (χ0) is 40.5. The van der Waals surface area contributed by atoms with Gasteiger partial charge in [-0.15, -0.1) is 0 Å². The van der Waals surface area contributed by atoms with E-state index in [2.05, 4.69) is 48.8 Å². The third-order valence-corrected chi connectivity index (χ3v) is 10.2. The van der Waals surface area contributed by atoms with E-state index in [1.54, 1.807) is 0 Å². The van der Waals surface area contributed by atoms with Crippen molar-refractivity contribution in [1.29, 1.82) is 0 Å². The van der Waals surface area contributed by atoms with Crippen molar-refractivity contribution >= 4 is 19.8 Å². The third kappa shape index (κ3) is 40.2. The van der Waals surface area contributed by atoms with Gasteiger partial charge >= 0.3 is 19.8 Å². The first-order valence-electron chi connectivity index (χ1n) is 21.9. The number of hydrogen-bond acceptors (Lipinski definition) is 9. The van der Waals surface area contributed by atoms with Gasteiger partial charge in [-0.3, -0.25) is 18.6 Å². The average Bonchev–Trinajstić information content (AvgIpc) is 3.17. The van der Waals surface area contributed by atoms with Crippen molar-refractivity contribution < 1.29 is 47.8 Å². The molecule has 0 aliphatic carbocycles. The summed E-state index contributed by atoms with van der Waals surface area (Å²) < 4.78 is 32.7. The Bertz CT molecular complexity index is 1010. The number of phosphoric acid groups is 1. The molecule has 0 saturated carbocycles. The number of esters is 2. The molecule has 0 aromatic heterocycles. The van der Waals surface area contributed by atoms with Crippen LogP contribution in [-0.2, 0) is 32.7 Å². The van der Waals surface area contributed by atoms with Gasteiger partial charge < -0.3 is 24.6 Å². The second-order valence-electron chi connectivity index (χ2n) is 14.7. The summed E-state index contributed by atoms with van der Waals surface area (Å²) in [6.07, 6.45) is 41.2. The van der Waals surface area contributed by atoms with Crippen LogP contribution in [0, 0.1) is 0 Å². The maximum atomic E-state index is 12.6. The molecule has 0 rings (SSSR count). The maximum absolute atomic E-state index is 12.6. The summed E-state index contributed by atoms with van der Waals surface area (Å²) in [6, 6.07) is 0. The van der Waals surface area contributed by atoms with Crippen molar-refractivity contribution in [2.24, 2.45) is 0 Å². The Balaban J connectivity index is 4.37. The fourth-order valence-corrected chi connectivity index (χ4v) is 6.68. The van der Waals surface area contributed by atoms with Crippen LogP contribution in [0.1, 0.15) is 194 Å². The van der Waals surface area contributed by atoms with Gasteiger partial charge in [0.2, 0.25) is 0 Å². The van der Waals surface area contributed by atoms with Crippen LogP contribution in [0.25, 0.3) is 0 Å². The Labute approximate surface area is 335 Å². The molecule has 1 unspecified atom stereocenters. The van der Waals surface area contributed by atoms with E-state index >= 15 is 0 Å². The highest BCUT2D eigenvalue weighted by Crippen LogP contribution is 2.43. The molecular weight excluding hydrogens is 719 g/mol. The molecule has 3 N–H and O–H groups in total. The van der Waals surface area contributed by atoms with Crippen LogP contribution in [0.15, 0.2) is 36.5 Å². The fraction of sp³-hybridized carbons (Fsp3) is 0.818. The van der Waals surface area contributed by atoms with Crippen molar-refractivity contribution in [3.8, 4) is 0 Å². The molecule has 0 fully saturated rings. The first-order chi connectivity index (χ1) is 26.7. The highest BCUT2D eigenvalue weighted by molar-refractivity contribution is 7.47. The van der Waals surface area contributed by atoms with E-state index in [9.17, 15) is 24.2 Å². The predicted molar refractivity (Wildman–Crippen MR) is 224 cm³/mol.